The van der Waals surface area contributed by atoms with Crippen LogP contribution in [0.4, 0.5) is 0 Å². The number of hydrogen-bond donors (Lipinski definition) is 3. The normalized spacial score (nSPS) is 47.5. The first-order valence-electron chi connectivity index (χ1n) is 4.77. The van der Waals surface area contributed by atoms with Gasteiger partial charge in [0, 0.05) is 17.9 Å². The molecule has 2 aliphatic carbocycles. The maximum absolute atomic E-state index is 11.4. The number of aliphatic hydroxyl groups is 2. The van der Waals surface area contributed by atoms with Gasteiger partial charge in [-0.05, 0) is 6.42 Å². The summed E-state index contributed by atoms with van der Waals surface area (Å²) < 4.78 is 4.63. The summed E-state index contributed by atoms with van der Waals surface area (Å²) in [6.45, 7) is 0. The quantitative estimate of drug-likeness (QED) is 0.504. The van der Waals surface area contributed by atoms with Crippen LogP contribution in [0.2, 0.25) is 0 Å². The number of carbonyl (C=O) groups is 1. The molecule has 2 saturated carbocycles. The molecule has 0 aliphatic heterocycles. The summed E-state index contributed by atoms with van der Waals surface area (Å²) in [6.07, 6.45) is -0.997. The average molecular weight is 238 g/mol. The van der Waals surface area contributed by atoms with E-state index in [9.17, 15) is 15.0 Å². The van der Waals surface area contributed by atoms with E-state index >= 15 is 0 Å². The fraction of sp³-hybridized carbons (Fsp3) is 0.889. The van der Waals surface area contributed by atoms with Gasteiger partial charge in [0.25, 0.3) is 0 Å². The highest BCUT2D eigenvalue weighted by Crippen LogP contribution is 2.48. The summed E-state index contributed by atoms with van der Waals surface area (Å²) >= 11 is 0. The molecule has 0 aromatic rings. The van der Waals surface area contributed by atoms with E-state index in [2.05, 4.69) is 4.74 Å². The second-order valence-corrected chi connectivity index (χ2v) is 4.17. The van der Waals surface area contributed by atoms with Gasteiger partial charge in [-0.1, -0.05) is 0 Å². The molecule has 4 N–H and O–H groups in total. The van der Waals surface area contributed by atoms with E-state index in [0.29, 0.717) is 6.42 Å². The highest BCUT2D eigenvalue weighted by atomic mass is 35.5. The van der Waals surface area contributed by atoms with Crippen molar-refractivity contribution in [2.75, 3.05) is 7.11 Å². The predicted molar refractivity (Wildman–Crippen MR) is 54.3 cm³/mol. The third-order valence-electron chi connectivity index (χ3n) is 3.62. The Labute approximate surface area is 94.0 Å². The van der Waals surface area contributed by atoms with Crippen LogP contribution in [0.25, 0.3) is 0 Å². The number of methoxy groups -OCH3 is 1. The van der Waals surface area contributed by atoms with Crippen molar-refractivity contribution in [1.82, 2.24) is 0 Å². The summed E-state index contributed by atoms with van der Waals surface area (Å²) in [4.78, 5) is 11.4. The molecule has 2 rings (SSSR count). The van der Waals surface area contributed by atoms with E-state index < -0.39 is 18.1 Å². The minimum absolute atomic E-state index is 0. The molecule has 2 aliphatic rings. The Morgan fingerprint density at radius 2 is 1.87 bits per heavy atom. The van der Waals surface area contributed by atoms with Crippen LogP contribution in [-0.2, 0) is 9.53 Å². The molecule has 88 valence electrons. The third kappa shape index (κ3) is 1.63. The highest BCUT2D eigenvalue weighted by molar-refractivity contribution is 5.85. The van der Waals surface area contributed by atoms with E-state index in [4.69, 9.17) is 5.73 Å². The minimum atomic E-state index is -0.830. The Morgan fingerprint density at radius 1 is 1.33 bits per heavy atom. The number of rotatable bonds is 1. The molecule has 6 heteroatoms. The third-order valence-corrected chi connectivity index (χ3v) is 3.62. The minimum Gasteiger partial charge on any atom is -0.469 e. The first-order valence-corrected chi connectivity index (χ1v) is 4.77. The number of nitrogens with two attached hydrogens (primary N) is 1. The number of esters is 1. The zero-order valence-electron chi connectivity index (χ0n) is 8.37. The fourth-order valence-electron chi connectivity index (χ4n) is 2.86. The summed E-state index contributed by atoms with van der Waals surface area (Å²) in [5.41, 5.74) is 5.82. The first-order chi connectivity index (χ1) is 6.57. The molecule has 2 bridgehead atoms. The number of halogens is 1. The SMILES string of the molecule is COC(=O)[C@@H]1[C@H](N)[C@@H]2C[C@H]1[C@@H](O)[C@H]2O.Cl. The lowest BCUT2D eigenvalue weighted by Gasteiger charge is -2.32. The molecule has 6 atom stereocenters. The standard InChI is InChI=1S/C9H15NO4.ClH/c1-14-9(13)5-3-2-4(6(5)10)8(12)7(3)11;/h3-8,11-12H,2,10H2,1H3;1H/t3-,4+,5+,6-,7-,8+;/m1./s1. The van der Waals surface area contributed by atoms with E-state index in [1.165, 1.54) is 7.11 Å². The second kappa shape index (κ2) is 4.25. The molecular formula is C9H16ClNO4. The number of carbonyl (C=O) groups excluding carboxylic acids is 1. The van der Waals surface area contributed by atoms with Crippen LogP contribution in [0.5, 0.6) is 0 Å². The molecule has 0 aromatic heterocycles. The first kappa shape index (κ1) is 12.7. The Morgan fingerprint density at radius 3 is 2.33 bits per heavy atom. The summed E-state index contributed by atoms with van der Waals surface area (Å²) in [7, 11) is 1.31. The molecule has 0 radical (unpaired) electrons. The summed E-state index contributed by atoms with van der Waals surface area (Å²) in [5.74, 6) is -1.24. The molecular weight excluding hydrogens is 222 g/mol. The zero-order chi connectivity index (χ0) is 10.5. The molecule has 0 amide bonds. The van der Waals surface area contributed by atoms with Gasteiger partial charge in [0.15, 0.2) is 0 Å². The van der Waals surface area contributed by atoms with Gasteiger partial charge >= 0.3 is 5.97 Å². The molecule has 0 saturated heterocycles. The van der Waals surface area contributed by atoms with Crippen LogP contribution in [0, 0.1) is 17.8 Å². The molecule has 2 fully saturated rings. The van der Waals surface area contributed by atoms with E-state index in [1.54, 1.807) is 0 Å². The lowest BCUT2D eigenvalue weighted by Crippen LogP contribution is -2.51. The van der Waals surface area contributed by atoms with Crippen molar-refractivity contribution in [2.45, 2.75) is 24.7 Å². The van der Waals surface area contributed by atoms with Crippen molar-refractivity contribution in [2.24, 2.45) is 23.5 Å². The van der Waals surface area contributed by atoms with Crippen LogP contribution < -0.4 is 5.73 Å². The van der Waals surface area contributed by atoms with Crippen LogP contribution in [0.15, 0.2) is 0 Å². The largest absolute Gasteiger partial charge is 0.469 e. The van der Waals surface area contributed by atoms with Crippen molar-refractivity contribution in [3.05, 3.63) is 0 Å². The monoisotopic (exact) mass is 237 g/mol. The molecule has 15 heavy (non-hydrogen) atoms. The molecule has 5 nitrogen and oxygen atoms in total. The van der Waals surface area contributed by atoms with Gasteiger partial charge in [-0.15, -0.1) is 12.4 Å². The van der Waals surface area contributed by atoms with E-state index in [0.717, 1.165) is 0 Å². The van der Waals surface area contributed by atoms with Crippen molar-refractivity contribution < 1.29 is 19.7 Å². The van der Waals surface area contributed by atoms with Crippen molar-refractivity contribution in [3.8, 4) is 0 Å². The Kier molecular flexibility index (Phi) is 3.60. The van der Waals surface area contributed by atoms with Gasteiger partial charge in [-0.2, -0.15) is 0 Å². The second-order valence-electron chi connectivity index (χ2n) is 4.17. The predicted octanol–water partition coefficient (Wildman–Crippen LogP) is -1.10. The van der Waals surface area contributed by atoms with Crippen LogP contribution in [-0.4, -0.2) is 41.5 Å². The zero-order valence-corrected chi connectivity index (χ0v) is 9.18. The topological polar surface area (TPSA) is 92.8 Å². The number of ether oxygens (including phenoxy) is 1. The lowest BCUT2D eigenvalue weighted by atomic mass is 9.81. The van der Waals surface area contributed by atoms with Crippen LogP contribution in [0.3, 0.4) is 0 Å². The van der Waals surface area contributed by atoms with Crippen LogP contribution in [0.1, 0.15) is 6.42 Å². The Bertz CT molecular complexity index is 262. The number of fused-ring (bicyclic) bond motifs is 2. The Balaban J connectivity index is 0.00000112. The van der Waals surface area contributed by atoms with Gasteiger partial charge in [0.1, 0.15) is 0 Å². The highest BCUT2D eigenvalue weighted by Gasteiger charge is 2.59. The van der Waals surface area contributed by atoms with E-state index in [-0.39, 0.29) is 36.3 Å². The number of hydrogen-bond acceptors (Lipinski definition) is 5. The number of aliphatic hydroxyl groups excluding tert-OH is 2. The van der Waals surface area contributed by atoms with Gasteiger partial charge in [0.05, 0.1) is 25.2 Å². The van der Waals surface area contributed by atoms with Gasteiger partial charge in [-0.3, -0.25) is 4.79 Å². The van der Waals surface area contributed by atoms with Crippen molar-refractivity contribution in [3.63, 3.8) is 0 Å². The maximum atomic E-state index is 11.4. The molecule has 0 aromatic carbocycles. The lowest BCUT2D eigenvalue weighted by molar-refractivity contribution is -0.152. The maximum Gasteiger partial charge on any atom is 0.310 e. The van der Waals surface area contributed by atoms with Gasteiger partial charge in [0.2, 0.25) is 0 Å². The molecule has 0 unspecified atom stereocenters. The van der Waals surface area contributed by atoms with Crippen molar-refractivity contribution in [1.29, 1.82) is 0 Å². The van der Waals surface area contributed by atoms with Gasteiger partial charge < -0.3 is 20.7 Å². The smallest absolute Gasteiger partial charge is 0.310 e. The summed E-state index contributed by atoms with van der Waals surface area (Å²) in [6, 6.07) is -0.383. The average Bonchev–Trinajstić information content (AvgIpc) is 2.64. The van der Waals surface area contributed by atoms with Crippen LogP contribution >= 0.6 is 12.4 Å². The molecule has 0 heterocycles. The fourth-order valence-corrected chi connectivity index (χ4v) is 2.86. The molecule has 0 spiro atoms. The summed E-state index contributed by atoms with van der Waals surface area (Å²) in [5, 5.41) is 19.2. The van der Waals surface area contributed by atoms with Crippen molar-refractivity contribution >= 4 is 18.4 Å². The van der Waals surface area contributed by atoms with Gasteiger partial charge in [-0.25, -0.2) is 0 Å². The van der Waals surface area contributed by atoms with E-state index in [1.807, 2.05) is 0 Å². The Hall–Kier alpha value is -0.360.